The normalized spacial score (nSPS) is 10.8. The monoisotopic (exact) mass is 386 g/mol. The van der Waals surface area contributed by atoms with E-state index in [-0.39, 0.29) is 6.42 Å². The summed E-state index contributed by atoms with van der Waals surface area (Å²) in [6.07, 6.45) is -0.0593. The number of hydrogen-bond donors (Lipinski definition) is 2. The molecule has 0 saturated carbocycles. The van der Waals surface area contributed by atoms with Crippen LogP contribution in [-0.4, -0.2) is 16.1 Å². The number of carbonyl (C=O) groups is 1. The van der Waals surface area contributed by atoms with E-state index in [0.717, 1.165) is 27.3 Å². The van der Waals surface area contributed by atoms with E-state index in [4.69, 9.17) is 11.6 Å². The maximum atomic E-state index is 11.3. The van der Waals surface area contributed by atoms with Gasteiger partial charge in [0.15, 0.2) is 5.13 Å². The van der Waals surface area contributed by atoms with Crippen LogP contribution in [0.1, 0.15) is 21.6 Å². The second-order valence-electron chi connectivity index (χ2n) is 6.25. The van der Waals surface area contributed by atoms with Crippen molar-refractivity contribution in [2.24, 2.45) is 0 Å². The molecule has 0 amide bonds. The second-order valence-corrected chi connectivity index (χ2v) is 7.74. The third-order valence-corrected chi connectivity index (χ3v) is 5.59. The molecule has 0 unspecified atom stereocenters. The van der Waals surface area contributed by atoms with Gasteiger partial charge in [0, 0.05) is 21.2 Å². The van der Waals surface area contributed by atoms with Crippen molar-refractivity contribution < 1.29 is 9.90 Å². The number of aliphatic carboxylic acids is 1. The molecule has 1 aromatic heterocycles. The molecular formula is C20H19ClN2O2S. The molecule has 1 heterocycles. The van der Waals surface area contributed by atoms with E-state index >= 15 is 0 Å². The Morgan fingerprint density at radius 1 is 1.12 bits per heavy atom. The van der Waals surface area contributed by atoms with Gasteiger partial charge >= 0.3 is 5.97 Å². The number of thiazole rings is 1. The molecular weight excluding hydrogens is 368 g/mol. The SMILES string of the molecule is Cc1ccc(-c2nc(Nc3ccc(C)c(Cl)c3)sc2CC(=O)O)cc1C. The van der Waals surface area contributed by atoms with E-state index in [0.29, 0.717) is 15.8 Å². The van der Waals surface area contributed by atoms with E-state index in [2.05, 4.69) is 10.3 Å². The molecule has 0 spiro atoms. The molecule has 2 N–H and O–H groups in total. The van der Waals surface area contributed by atoms with E-state index < -0.39 is 5.97 Å². The minimum atomic E-state index is -0.872. The molecule has 0 radical (unpaired) electrons. The van der Waals surface area contributed by atoms with Gasteiger partial charge in [-0.25, -0.2) is 4.98 Å². The lowest BCUT2D eigenvalue weighted by Crippen LogP contribution is -1.99. The highest BCUT2D eigenvalue weighted by atomic mass is 35.5. The summed E-state index contributed by atoms with van der Waals surface area (Å²) in [6, 6.07) is 11.7. The van der Waals surface area contributed by atoms with Crippen LogP contribution in [0.5, 0.6) is 0 Å². The average molecular weight is 387 g/mol. The summed E-state index contributed by atoms with van der Waals surface area (Å²) < 4.78 is 0. The summed E-state index contributed by atoms with van der Waals surface area (Å²) in [6.45, 7) is 6.03. The molecule has 0 aliphatic carbocycles. The Bertz CT molecular complexity index is 982. The van der Waals surface area contributed by atoms with Gasteiger partial charge in [-0.15, -0.1) is 11.3 Å². The third kappa shape index (κ3) is 4.06. The Morgan fingerprint density at radius 3 is 2.50 bits per heavy atom. The Morgan fingerprint density at radius 2 is 1.85 bits per heavy atom. The second kappa shape index (κ2) is 7.48. The topological polar surface area (TPSA) is 62.2 Å². The summed E-state index contributed by atoms with van der Waals surface area (Å²) in [4.78, 5) is 16.6. The number of carboxylic acids is 1. The zero-order valence-electron chi connectivity index (χ0n) is 14.8. The molecule has 2 aromatic carbocycles. The van der Waals surface area contributed by atoms with Gasteiger partial charge in [-0.1, -0.05) is 29.8 Å². The number of carboxylic acid groups (broad SMARTS) is 1. The van der Waals surface area contributed by atoms with Crippen molar-refractivity contribution in [1.29, 1.82) is 0 Å². The Kier molecular flexibility index (Phi) is 5.30. The lowest BCUT2D eigenvalue weighted by Gasteiger charge is -2.05. The molecule has 0 bridgehead atoms. The number of anilines is 2. The highest BCUT2D eigenvalue weighted by Crippen LogP contribution is 2.34. The van der Waals surface area contributed by atoms with Crippen LogP contribution in [0.3, 0.4) is 0 Å². The van der Waals surface area contributed by atoms with Crippen LogP contribution < -0.4 is 5.32 Å². The average Bonchev–Trinajstić information content (AvgIpc) is 2.95. The number of benzene rings is 2. The first-order valence-corrected chi connectivity index (χ1v) is 9.35. The maximum Gasteiger partial charge on any atom is 0.308 e. The smallest absolute Gasteiger partial charge is 0.308 e. The minimum absolute atomic E-state index is 0.0593. The first kappa shape index (κ1) is 18.4. The fourth-order valence-electron chi connectivity index (χ4n) is 2.57. The molecule has 4 nitrogen and oxygen atoms in total. The zero-order chi connectivity index (χ0) is 18.8. The standard InChI is InChI=1S/C20H19ClN2O2S/c1-11-4-6-14(8-13(11)3)19-17(10-18(24)25)26-20(23-19)22-15-7-5-12(2)16(21)9-15/h4-9H,10H2,1-3H3,(H,22,23)(H,24,25). The summed E-state index contributed by atoms with van der Waals surface area (Å²) in [5.74, 6) is -0.872. The molecule has 0 aliphatic rings. The van der Waals surface area contributed by atoms with Gasteiger partial charge in [0.05, 0.1) is 12.1 Å². The number of nitrogens with one attached hydrogen (secondary N) is 1. The maximum absolute atomic E-state index is 11.3. The minimum Gasteiger partial charge on any atom is -0.481 e. The largest absolute Gasteiger partial charge is 0.481 e. The van der Waals surface area contributed by atoms with Gasteiger partial charge in [-0.2, -0.15) is 0 Å². The predicted molar refractivity (Wildman–Crippen MR) is 108 cm³/mol. The number of aromatic nitrogens is 1. The van der Waals surface area contributed by atoms with Gasteiger partial charge in [0.25, 0.3) is 0 Å². The van der Waals surface area contributed by atoms with E-state index in [1.54, 1.807) is 0 Å². The molecule has 0 fully saturated rings. The number of halogens is 1. The van der Waals surface area contributed by atoms with Crippen molar-refractivity contribution in [1.82, 2.24) is 4.98 Å². The fraction of sp³-hybridized carbons (Fsp3) is 0.200. The van der Waals surface area contributed by atoms with Crippen LogP contribution in [0.4, 0.5) is 10.8 Å². The van der Waals surface area contributed by atoms with Gasteiger partial charge < -0.3 is 10.4 Å². The summed E-state index contributed by atoms with van der Waals surface area (Å²) in [5, 5.41) is 13.8. The van der Waals surface area contributed by atoms with Crippen molar-refractivity contribution >= 4 is 39.7 Å². The molecule has 134 valence electrons. The van der Waals surface area contributed by atoms with Crippen LogP contribution in [0.25, 0.3) is 11.3 Å². The van der Waals surface area contributed by atoms with Crippen molar-refractivity contribution in [2.75, 3.05) is 5.32 Å². The molecule has 3 aromatic rings. The molecule has 0 atom stereocenters. The van der Waals surface area contributed by atoms with Crippen molar-refractivity contribution in [2.45, 2.75) is 27.2 Å². The highest BCUT2D eigenvalue weighted by molar-refractivity contribution is 7.16. The molecule has 26 heavy (non-hydrogen) atoms. The lowest BCUT2D eigenvalue weighted by atomic mass is 10.0. The lowest BCUT2D eigenvalue weighted by molar-refractivity contribution is -0.136. The van der Waals surface area contributed by atoms with E-state index in [9.17, 15) is 9.90 Å². The number of nitrogens with zero attached hydrogens (tertiary/aromatic N) is 1. The third-order valence-electron chi connectivity index (χ3n) is 4.21. The predicted octanol–water partition coefficient (Wildman–Crippen LogP) is 5.76. The van der Waals surface area contributed by atoms with E-state index in [1.165, 1.54) is 16.9 Å². The van der Waals surface area contributed by atoms with Crippen LogP contribution >= 0.6 is 22.9 Å². The molecule has 6 heteroatoms. The van der Waals surface area contributed by atoms with Crippen LogP contribution in [0.2, 0.25) is 5.02 Å². The van der Waals surface area contributed by atoms with Crippen molar-refractivity contribution in [3.63, 3.8) is 0 Å². The van der Waals surface area contributed by atoms with E-state index in [1.807, 2.05) is 57.2 Å². The van der Waals surface area contributed by atoms with Crippen molar-refractivity contribution in [3.05, 3.63) is 63.0 Å². The Labute approximate surface area is 161 Å². The van der Waals surface area contributed by atoms with Gasteiger partial charge in [-0.3, -0.25) is 4.79 Å². The first-order chi connectivity index (χ1) is 12.3. The van der Waals surface area contributed by atoms with Gasteiger partial charge in [0.2, 0.25) is 0 Å². The number of hydrogen-bond acceptors (Lipinski definition) is 4. The molecule has 0 saturated heterocycles. The Hall–Kier alpha value is -2.37. The molecule has 3 rings (SSSR count). The summed E-state index contributed by atoms with van der Waals surface area (Å²) >= 11 is 7.53. The van der Waals surface area contributed by atoms with Crippen molar-refractivity contribution in [3.8, 4) is 11.3 Å². The quantitative estimate of drug-likeness (QED) is 0.585. The van der Waals surface area contributed by atoms with Crippen LogP contribution in [0, 0.1) is 20.8 Å². The molecule has 0 aliphatic heterocycles. The van der Waals surface area contributed by atoms with Gasteiger partial charge in [0.1, 0.15) is 0 Å². The number of aryl methyl sites for hydroxylation is 3. The summed E-state index contributed by atoms with van der Waals surface area (Å²) in [7, 11) is 0. The van der Waals surface area contributed by atoms with Crippen LogP contribution in [-0.2, 0) is 11.2 Å². The fourth-order valence-corrected chi connectivity index (χ4v) is 3.75. The summed E-state index contributed by atoms with van der Waals surface area (Å²) in [5.41, 5.74) is 5.80. The highest BCUT2D eigenvalue weighted by Gasteiger charge is 2.16. The zero-order valence-corrected chi connectivity index (χ0v) is 16.3. The van der Waals surface area contributed by atoms with Gasteiger partial charge in [-0.05, 0) is 55.7 Å². The van der Waals surface area contributed by atoms with Crippen LogP contribution in [0.15, 0.2) is 36.4 Å². The number of rotatable bonds is 5. The Balaban J connectivity index is 1.99. The first-order valence-electron chi connectivity index (χ1n) is 8.16.